The average Bonchev–Trinajstić information content (AvgIpc) is 2.55. The minimum absolute atomic E-state index is 0.00859. The molecule has 1 aromatic carbocycles. The standard InChI is InChI=1S/C15H20F2N2O3S/c16-15(17)23(21,22)12-7-5-10(6-8-12)14(20)19-13-4-2-1-3-11(13)9-18/h5-8,11,13,15H,1-4,9,18H2,(H,19,20). The Kier molecular flexibility index (Phi) is 5.69. The molecule has 1 aliphatic carbocycles. The summed E-state index contributed by atoms with van der Waals surface area (Å²) in [6.07, 6.45) is 3.93. The van der Waals surface area contributed by atoms with Gasteiger partial charge in [0.2, 0.25) is 9.84 Å². The van der Waals surface area contributed by atoms with Crippen molar-refractivity contribution in [3.63, 3.8) is 0 Å². The van der Waals surface area contributed by atoms with Gasteiger partial charge in [-0.15, -0.1) is 0 Å². The van der Waals surface area contributed by atoms with Crippen LogP contribution in [0.5, 0.6) is 0 Å². The number of rotatable bonds is 5. The van der Waals surface area contributed by atoms with E-state index in [4.69, 9.17) is 5.73 Å². The van der Waals surface area contributed by atoms with Gasteiger partial charge >= 0.3 is 5.76 Å². The summed E-state index contributed by atoms with van der Waals surface area (Å²) in [6.45, 7) is 0.497. The molecule has 128 valence electrons. The van der Waals surface area contributed by atoms with E-state index in [1.807, 2.05) is 0 Å². The van der Waals surface area contributed by atoms with Gasteiger partial charge in [-0.1, -0.05) is 12.8 Å². The third-order valence-electron chi connectivity index (χ3n) is 4.21. The number of sulfone groups is 1. The van der Waals surface area contributed by atoms with Crippen molar-refractivity contribution in [3.8, 4) is 0 Å². The van der Waals surface area contributed by atoms with Gasteiger partial charge < -0.3 is 11.1 Å². The Morgan fingerprint density at radius 2 is 1.83 bits per heavy atom. The Labute approximate surface area is 134 Å². The van der Waals surface area contributed by atoms with Crippen LogP contribution < -0.4 is 11.1 Å². The molecule has 0 heterocycles. The minimum atomic E-state index is -4.64. The van der Waals surface area contributed by atoms with Crippen LogP contribution in [0.15, 0.2) is 29.2 Å². The normalized spacial score (nSPS) is 22.1. The van der Waals surface area contributed by atoms with Gasteiger partial charge in [-0.3, -0.25) is 4.79 Å². The van der Waals surface area contributed by atoms with Gasteiger partial charge in [-0.25, -0.2) is 8.42 Å². The third kappa shape index (κ3) is 4.06. The average molecular weight is 346 g/mol. The summed E-state index contributed by atoms with van der Waals surface area (Å²) < 4.78 is 47.6. The van der Waals surface area contributed by atoms with Gasteiger partial charge in [0.05, 0.1) is 4.90 Å². The number of benzene rings is 1. The highest BCUT2D eigenvalue weighted by Crippen LogP contribution is 2.24. The van der Waals surface area contributed by atoms with Crippen molar-refractivity contribution in [1.82, 2.24) is 5.32 Å². The van der Waals surface area contributed by atoms with Gasteiger partial charge in [0.15, 0.2) is 0 Å². The molecule has 0 aliphatic heterocycles. The quantitative estimate of drug-likeness (QED) is 0.852. The zero-order chi connectivity index (χ0) is 17.0. The first-order chi connectivity index (χ1) is 10.9. The van der Waals surface area contributed by atoms with Crippen molar-refractivity contribution in [2.75, 3.05) is 6.54 Å². The van der Waals surface area contributed by atoms with Crippen LogP contribution in [-0.2, 0) is 9.84 Å². The molecule has 2 atom stereocenters. The van der Waals surface area contributed by atoms with Gasteiger partial charge in [0.25, 0.3) is 5.91 Å². The van der Waals surface area contributed by atoms with Crippen LogP contribution in [0.3, 0.4) is 0 Å². The Morgan fingerprint density at radius 1 is 1.22 bits per heavy atom. The van der Waals surface area contributed by atoms with Crippen molar-refractivity contribution in [3.05, 3.63) is 29.8 Å². The van der Waals surface area contributed by atoms with Crippen molar-refractivity contribution in [1.29, 1.82) is 0 Å². The molecule has 2 rings (SSSR count). The summed E-state index contributed by atoms with van der Waals surface area (Å²) in [5, 5.41) is 2.90. The number of hydrogen-bond acceptors (Lipinski definition) is 4. The van der Waals surface area contributed by atoms with Crippen LogP contribution in [-0.4, -0.2) is 32.7 Å². The molecule has 3 N–H and O–H groups in total. The van der Waals surface area contributed by atoms with E-state index in [0.717, 1.165) is 37.8 Å². The van der Waals surface area contributed by atoms with Crippen LogP contribution in [0, 0.1) is 5.92 Å². The summed E-state index contributed by atoms with van der Waals surface area (Å²) >= 11 is 0. The highest BCUT2D eigenvalue weighted by molar-refractivity contribution is 7.91. The van der Waals surface area contributed by atoms with Crippen LogP contribution in [0.4, 0.5) is 8.78 Å². The largest absolute Gasteiger partial charge is 0.349 e. The van der Waals surface area contributed by atoms with E-state index in [0.29, 0.717) is 6.54 Å². The first-order valence-corrected chi connectivity index (χ1v) is 9.04. The third-order valence-corrected chi connectivity index (χ3v) is 5.61. The van der Waals surface area contributed by atoms with Gasteiger partial charge in [0, 0.05) is 11.6 Å². The summed E-state index contributed by atoms with van der Waals surface area (Å²) in [4.78, 5) is 11.7. The van der Waals surface area contributed by atoms with Crippen molar-refractivity contribution >= 4 is 15.7 Å². The number of alkyl halides is 2. The molecule has 0 aromatic heterocycles. The number of nitrogens with two attached hydrogens (primary N) is 1. The molecule has 5 nitrogen and oxygen atoms in total. The zero-order valence-corrected chi connectivity index (χ0v) is 13.4. The van der Waals surface area contributed by atoms with Crippen LogP contribution >= 0.6 is 0 Å². The van der Waals surface area contributed by atoms with E-state index >= 15 is 0 Å². The second-order valence-electron chi connectivity index (χ2n) is 5.69. The van der Waals surface area contributed by atoms with Crippen LogP contribution in [0.25, 0.3) is 0 Å². The molecule has 0 bridgehead atoms. The van der Waals surface area contributed by atoms with Crippen LogP contribution in [0.2, 0.25) is 0 Å². The number of amides is 1. The maximum atomic E-state index is 12.5. The number of nitrogens with one attached hydrogen (secondary N) is 1. The highest BCUT2D eigenvalue weighted by Gasteiger charge is 2.28. The molecule has 23 heavy (non-hydrogen) atoms. The van der Waals surface area contributed by atoms with Crippen LogP contribution in [0.1, 0.15) is 36.0 Å². The van der Waals surface area contributed by atoms with Crippen molar-refractivity contribution in [2.24, 2.45) is 11.7 Å². The Hall–Kier alpha value is -1.54. The fourth-order valence-corrected chi connectivity index (χ4v) is 3.55. The summed E-state index contributed by atoms with van der Waals surface area (Å²) in [7, 11) is -4.64. The Balaban J connectivity index is 2.08. The number of carbonyl (C=O) groups excluding carboxylic acids is 1. The molecule has 2 unspecified atom stereocenters. The topological polar surface area (TPSA) is 89.3 Å². The van der Waals surface area contributed by atoms with E-state index in [9.17, 15) is 22.0 Å². The van der Waals surface area contributed by atoms with Gasteiger partial charge in [-0.2, -0.15) is 8.78 Å². The monoisotopic (exact) mass is 346 g/mol. The fraction of sp³-hybridized carbons (Fsp3) is 0.533. The van der Waals surface area contributed by atoms with E-state index in [2.05, 4.69) is 5.32 Å². The van der Waals surface area contributed by atoms with Gasteiger partial charge in [-0.05, 0) is 49.6 Å². The number of carbonyl (C=O) groups is 1. The molecule has 0 radical (unpaired) electrons. The molecule has 1 saturated carbocycles. The maximum absolute atomic E-state index is 12.5. The fourth-order valence-electron chi connectivity index (χ4n) is 2.83. The molecular formula is C15H20F2N2O3S. The Bertz CT molecular complexity index is 647. The molecule has 1 amide bonds. The van der Waals surface area contributed by atoms with E-state index in [-0.39, 0.29) is 23.4 Å². The van der Waals surface area contributed by atoms with Crippen molar-refractivity contribution in [2.45, 2.75) is 42.4 Å². The predicted octanol–water partition coefficient (Wildman–Crippen LogP) is 1.93. The van der Waals surface area contributed by atoms with E-state index in [1.165, 1.54) is 12.1 Å². The molecular weight excluding hydrogens is 326 g/mol. The summed E-state index contributed by atoms with van der Waals surface area (Å²) in [5.41, 5.74) is 5.95. The zero-order valence-electron chi connectivity index (χ0n) is 12.5. The first-order valence-electron chi connectivity index (χ1n) is 7.49. The van der Waals surface area contributed by atoms with Crippen molar-refractivity contribution < 1.29 is 22.0 Å². The van der Waals surface area contributed by atoms with E-state index in [1.54, 1.807) is 0 Å². The molecule has 1 aliphatic rings. The number of halogens is 2. The highest BCUT2D eigenvalue weighted by atomic mass is 32.2. The SMILES string of the molecule is NCC1CCCCC1NC(=O)c1ccc(S(=O)(=O)C(F)F)cc1. The summed E-state index contributed by atoms with van der Waals surface area (Å²) in [6, 6.07) is 4.52. The smallest absolute Gasteiger partial charge is 0.341 e. The lowest BCUT2D eigenvalue weighted by Gasteiger charge is -2.31. The molecule has 0 spiro atoms. The predicted molar refractivity (Wildman–Crippen MR) is 81.9 cm³/mol. The van der Waals surface area contributed by atoms with E-state index < -0.39 is 20.5 Å². The molecule has 1 aromatic rings. The molecule has 0 saturated heterocycles. The lowest BCUT2D eigenvalue weighted by molar-refractivity contribution is 0.0908. The molecule has 8 heteroatoms. The maximum Gasteiger partial charge on any atom is 0.341 e. The Morgan fingerprint density at radius 3 is 2.39 bits per heavy atom. The lowest BCUT2D eigenvalue weighted by Crippen LogP contribution is -2.44. The second kappa shape index (κ2) is 7.35. The first kappa shape index (κ1) is 17.8. The molecule has 1 fully saturated rings. The summed E-state index contributed by atoms with van der Waals surface area (Å²) in [5.74, 6) is -3.60. The second-order valence-corrected chi connectivity index (χ2v) is 7.61. The lowest BCUT2D eigenvalue weighted by atomic mass is 9.84. The minimum Gasteiger partial charge on any atom is -0.349 e. The number of hydrogen-bond donors (Lipinski definition) is 2. The van der Waals surface area contributed by atoms with Gasteiger partial charge in [0.1, 0.15) is 0 Å².